The maximum absolute atomic E-state index is 13.2. The van der Waals surface area contributed by atoms with Gasteiger partial charge in [0.1, 0.15) is 0 Å². The first kappa shape index (κ1) is 17.3. The minimum absolute atomic E-state index is 0.163. The SMILES string of the molecule is O=C(c1ccc2ncsc2c1)N1CCCSCC1CN1CCOCC1. The summed E-state index contributed by atoms with van der Waals surface area (Å²) < 4.78 is 6.54. The van der Waals surface area contributed by atoms with Crippen LogP contribution < -0.4 is 0 Å². The molecule has 2 aliphatic heterocycles. The number of thiazole rings is 1. The highest BCUT2D eigenvalue weighted by Gasteiger charge is 2.29. The first-order valence-electron chi connectivity index (χ1n) is 8.83. The zero-order valence-corrected chi connectivity index (χ0v) is 15.9. The average Bonchev–Trinajstić information content (AvgIpc) is 3.00. The maximum Gasteiger partial charge on any atom is 0.254 e. The molecule has 3 heterocycles. The minimum atomic E-state index is 0.163. The van der Waals surface area contributed by atoms with Gasteiger partial charge in [0.15, 0.2) is 0 Å². The lowest BCUT2D eigenvalue weighted by molar-refractivity contribution is 0.0245. The van der Waals surface area contributed by atoms with Gasteiger partial charge in [0, 0.05) is 37.5 Å². The standard InChI is InChI=1S/C18H23N3O2S2/c22-18(14-2-3-16-17(10-14)25-13-19-16)21-4-1-9-24-12-15(21)11-20-5-7-23-8-6-20/h2-3,10,13,15H,1,4-9,11-12H2. The molecule has 25 heavy (non-hydrogen) atoms. The molecule has 0 bridgehead atoms. The van der Waals surface area contributed by atoms with Crippen LogP contribution in [0.2, 0.25) is 0 Å². The van der Waals surface area contributed by atoms with Crippen molar-refractivity contribution >= 4 is 39.2 Å². The Morgan fingerprint density at radius 1 is 1.28 bits per heavy atom. The van der Waals surface area contributed by atoms with Crippen molar-refractivity contribution in [2.24, 2.45) is 0 Å². The second-order valence-corrected chi connectivity index (χ2v) is 8.56. The Morgan fingerprint density at radius 3 is 3.04 bits per heavy atom. The molecule has 2 fully saturated rings. The van der Waals surface area contributed by atoms with Crippen LogP contribution >= 0.6 is 23.1 Å². The van der Waals surface area contributed by atoms with Gasteiger partial charge in [0.05, 0.1) is 35.0 Å². The van der Waals surface area contributed by atoms with Crippen LogP contribution in [-0.2, 0) is 4.74 Å². The molecule has 1 aromatic carbocycles. The number of morpholine rings is 1. The highest BCUT2D eigenvalue weighted by Crippen LogP contribution is 2.23. The highest BCUT2D eigenvalue weighted by atomic mass is 32.2. The van der Waals surface area contributed by atoms with Gasteiger partial charge in [-0.2, -0.15) is 11.8 Å². The van der Waals surface area contributed by atoms with E-state index in [1.807, 2.05) is 35.5 Å². The number of hydrogen-bond donors (Lipinski definition) is 0. The fraction of sp³-hybridized carbons (Fsp3) is 0.556. The summed E-state index contributed by atoms with van der Waals surface area (Å²) in [4.78, 5) is 22.1. The fourth-order valence-corrected chi connectivity index (χ4v) is 5.26. The van der Waals surface area contributed by atoms with Crippen LogP contribution in [0.4, 0.5) is 0 Å². The van der Waals surface area contributed by atoms with E-state index in [4.69, 9.17) is 4.74 Å². The first-order chi connectivity index (χ1) is 12.3. The Balaban J connectivity index is 1.53. The van der Waals surface area contributed by atoms with Crippen LogP contribution in [-0.4, -0.2) is 77.6 Å². The second kappa shape index (κ2) is 8.03. The molecular formula is C18H23N3O2S2. The van der Waals surface area contributed by atoms with Crippen LogP contribution in [0.3, 0.4) is 0 Å². The molecule has 4 rings (SSSR count). The second-order valence-electron chi connectivity index (χ2n) is 6.53. The maximum atomic E-state index is 13.2. The van der Waals surface area contributed by atoms with Gasteiger partial charge in [-0.25, -0.2) is 4.98 Å². The molecule has 0 saturated carbocycles. The third kappa shape index (κ3) is 4.00. The van der Waals surface area contributed by atoms with Gasteiger partial charge >= 0.3 is 0 Å². The predicted octanol–water partition coefficient (Wildman–Crippen LogP) is 2.58. The molecule has 0 N–H and O–H groups in total. The highest BCUT2D eigenvalue weighted by molar-refractivity contribution is 7.99. The van der Waals surface area contributed by atoms with Gasteiger partial charge in [-0.3, -0.25) is 9.69 Å². The number of ether oxygens (including phenoxy) is 1. The monoisotopic (exact) mass is 377 g/mol. The summed E-state index contributed by atoms with van der Waals surface area (Å²) in [5.74, 6) is 2.32. The number of carbonyl (C=O) groups is 1. The Kier molecular flexibility index (Phi) is 5.55. The Bertz CT molecular complexity index is 730. The van der Waals surface area contributed by atoms with Crippen LogP contribution in [0.1, 0.15) is 16.8 Å². The molecule has 1 amide bonds. The summed E-state index contributed by atoms with van der Waals surface area (Å²) in [5, 5.41) is 0. The Morgan fingerprint density at radius 2 is 2.16 bits per heavy atom. The van der Waals surface area contributed by atoms with E-state index >= 15 is 0 Å². The number of rotatable bonds is 3. The van der Waals surface area contributed by atoms with Crippen LogP contribution in [0, 0.1) is 0 Å². The molecule has 5 nitrogen and oxygen atoms in total. The molecule has 134 valence electrons. The van der Waals surface area contributed by atoms with E-state index in [2.05, 4.69) is 14.8 Å². The van der Waals surface area contributed by atoms with Gasteiger partial charge in [-0.05, 0) is 30.4 Å². The number of benzene rings is 1. The van der Waals surface area contributed by atoms with E-state index < -0.39 is 0 Å². The molecule has 0 aliphatic carbocycles. The van der Waals surface area contributed by atoms with Crippen molar-refractivity contribution in [3.8, 4) is 0 Å². The van der Waals surface area contributed by atoms with E-state index in [0.29, 0.717) is 0 Å². The number of thioether (sulfide) groups is 1. The van der Waals surface area contributed by atoms with Gasteiger partial charge in [0.25, 0.3) is 5.91 Å². The lowest BCUT2D eigenvalue weighted by atomic mass is 10.1. The fourth-order valence-electron chi connectivity index (χ4n) is 3.48. The molecule has 1 aromatic heterocycles. The summed E-state index contributed by atoms with van der Waals surface area (Å²) in [6, 6.07) is 6.16. The van der Waals surface area contributed by atoms with E-state index in [9.17, 15) is 4.79 Å². The summed E-state index contributed by atoms with van der Waals surface area (Å²) in [7, 11) is 0. The van der Waals surface area contributed by atoms with Crippen molar-refractivity contribution in [2.75, 3.05) is 50.9 Å². The van der Waals surface area contributed by atoms with Crippen molar-refractivity contribution in [2.45, 2.75) is 12.5 Å². The summed E-state index contributed by atoms with van der Waals surface area (Å²) in [6.07, 6.45) is 1.07. The molecule has 1 atom stereocenters. The normalized spacial score (nSPS) is 22.9. The number of carbonyl (C=O) groups excluding carboxylic acids is 1. The van der Waals surface area contributed by atoms with Crippen molar-refractivity contribution < 1.29 is 9.53 Å². The molecule has 2 aliphatic rings. The zero-order chi connectivity index (χ0) is 17.1. The van der Waals surface area contributed by atoms with E-state index in [1.165, 1.54) is 0 Å². The average molecular weight is 378 g/mol. The Labute approximate surface area is 156 Å². The third-order valence-electron chi connectivity index (χ3n) is 4.85. The van der Waals surface area contributed by atoms with Crippen molar-refractivity contribution in [1.82, 2.24) is 14.8 Å². The summed E-state index contributed by atoms with van der Waals surface area (Å²) >= 11 is 3.56. The molecule has 0 spiro atoms. The van der Waals surface area contributed by atoms with Gasteiger partial charge in [0.2, 0.25) is 0 Å². The first-order valence-corrected chi connectivity index (χ1v) is 10.9. The molecule has 2 saturated heterocycles. The number of aromatic nitrogens is 1. The van der Waals surface area contributed by atoms with Crippen LogP contribution in [0.25, 0.3) is 10.2 Å². The van der Waals surface area contributed by atoms with Crippen molar-refractivity contribution in [3.63, 3.8) is 0 Å². The molecule has 2 aromatic rings. The van der Waals surface area contributed by atoms with E-state index in [1.54, 1.807) is 11.3 Å². The molecular weight excluding hydrogens is 354 g/mol. The molecule has 7 heteroatoms. The summed E-state index contributed by atoms with van der Waals surface area (Å²) in [5.41, 5.74) is 3.59. The third-order valence-corrected chi connectivity index (χ3v) is 6.84. The zero-order valence-electron chi connectivity index (χ0n) is 14.2. The lowest BCUT2D eigenvalue weighted by Crippen LogP contribution is -2.50. The largest absolute Gasteiger partial charge is 0.379 e. The van der Waals surface area contributed by atoms with E-state index in [-0.39, 0.29) is 11.9 Å². The van der Waals surface area contributed by atoms with Gasteiger partial charge in [-0.1, -0.05) is 0 Å². The number of fused-ring (bicyclic) bond motifs is 1. The molecule has 1 unspecified atom stereocenters. The predicted molar refractivity (Wildman–Crippen MR) is 104 cm³/mol. The van der Waals surface area contributed by atoms with Crippen LogP contribution in [0.5, 0.6) is 0 Å². The van der Waals surface area contributed by atoms with Gasteiger partial charge in [-0.15, -0.1) is 11.3 Å². The minimum Gasteiger partial charge on any atom is -0.379 e. The number of nitrogens with zero attached hydrogens (tertiary/aromatic N) is 3. The van der Waals surface area contributed by atoms with Gasteiger partial charge < -0.3 is 9.64 Å². The van der Waals surface area contributed by atoms with Crippen LogP contribution in [0.15, 0.2) is 23.7 Å². The Hall–Kier alpha value is -1.15. The quantitative estimate of drug-likeness (QED) is 0.823. The smallest absolute Gasteiger partial charge is 0.254 e. The number of hydrogen-bond acceptors (Lipinski definition) is 6. The number of amides is 1. The van der Waals surface area contributed by atoms with Crippen molar-refractivity contribution in [3.05, 3.63) is 29.3 Å². The summed E-state index contributed by atoms with van der Waals surface area (Å²) in [6.45, 7) is 5.34. The molecule has 0 radical (unpaired) electrons. The lowest BCUT2D eigenvalue weighted by Gasteiger charge is -2.35. The topological polar surface area (TPSA) is 45.7 Å². The van der Waals surface area contributed by atoms with Crippen molar-refractivity contribution in [1.29, 1.82) is 0 Å². The van der Waals surface area contributed by atoms with E-state index in [0.717, 1.165) is 73.1 Å².